The van der Waals surface area contributed by atoms with Crippen molar-refractivity contribution in [2.24, 2.45) is 0 Å². The molecule has 0 spiro atoms. The smallest absolute Gasteiger partial charge is 0.160 e. The van der Waals surface area contributed by atoms with Crippen LogP contribution in [0.1, 0.15) is 0 Å². The predicted molar refractivity (Wildman–Crippen MR) is 254 cm³/mol. The summed E-state index contributed by atoms with van der Waals surface area (Å²) in [7, 11) is 0. The summed E-state index contributed by atoms with van der Waals surface area (Å²) < 4.78 is 0. The quantitative estimate of drug-likeness (QED) is 0.129. The van der Waals surface area contributed by atoms with E-state index < -0.39 is 0 Å². The minimum atomic E-state index is 0.692. The fraction of sp³-hybridized carbons (Fsp3) is 0. The van der Waals surface area contributed by atoms with Crippen LogP contribution in [0.15, 0.2) is 218 Å². The predicted octanol–water partition coefficient (Wildman–Crippen LogP) is 15.7. The highest BCUT2D eigenvalue weighted by atomic mass is 14.9. The maximum atomic E-state index is 5.47. The van der Waals surface area contributed by atoms with Gasteiger partial charge in [0.1, 0.15) is 0 Å². The van der Waals surface area contributed by atoms with Gasteiger partial charge in [-0.3, -0.25) is 0 Å². The number of hydrogen-bond acceptors (Lipinski definition) is 2. The molecule has 0 N–H and O–H groups in total. The van der Waals surface area contributed by atoms with Crippen LogP contribution in [0.25, 0.3) is 121 Å². The first-order valence-electron chi connectivity index (χ1n) is 20.6. The van der Waals surface area contributed by atoms with E-state index in [9.17, 15) is 0 Å². The molecule has 278 valence electrons. The van der Waals surface area contributed by atoms with Gasteiger partial charge in [-0.05, 0) is 105 Å². The normalized spacial score (nSPS) is 11.7. The van der Waals surface area contributed by atoms with Gasteiger partial charge in [-0.1, -0.05) is 200 Å². The Morgan fingerprint density at radius 1 is 0.217 bits per heavy atom. The number of benzene rings is 11. The van der Waals surface area contributed by atoms with Gasteiger partial charge < -0.3 is 0 Å². The van der Waals surface area contributed by atoms with Crippen LogP contribution in [0.2, 0.25) is 0 Å². The molecule has 11 aromatic carbocycles. The van der Waals surface area contributed by atoms with E-state index in [4.69, 9.17) is 9.97 Å². The third kappa shape index (κ3) is 5.65. The molecule has 60 heavy (non-hydrogen) atoms. The molecule has 0 atom stereocenters. The van der Waals surface area contributed by atoms with Crippen LogP contribution < -0.4 is 0 Å². The third-order valence-electron chi connectivity index (χ3n) is 12.2. The lowest BCUT2D eigenvalue weighted by Crippen LogP contribution is -1.97. The number of nitrogens with zero attached hydrogens (tertiary/aromatic N) is 2. The average molecular weight is 761 g/mol. The zero-order valence-corrected chi connectivity index (χ0v) is 32.7. The molecular weight excluding hydrogens is 725 g/mol. The molecule has 12 aromatic rings. The topological polar surface area (TPSA) is 25.8 Å². The van der Waals surface area contributed by atoms with E-state index in [0.29, 0.717) is 5.82 Å². The van der Waals surface area contributed by atoms with E-state index in [0.717, 1.165) is 33.6 Å². The van der Waals surface area contributed by atoms with Crippen molar-refractivity contribution in [2.75, 3.05) is 0 Å². The van der Waals surface area contributed by atoms with Gasteiger partial charge >= 0.3 is 0 Å². The number of fused-ring (bicyclic) bond motifs is 8. The minimum absolute atomic E-state index is 0.692. The summed E-state index contributed by atoms with van der Waals surface area (Å²) in [6.45, 7) is 0. The molecule has 0 amide bonds. The molecule has 0 saturated carbocycles. The largest absolute Gasteiger partial charge is 0.228 e. The van der Waals surface area contributed by atoms with E-state index >= 15 is 0 Å². The van der Waals surface area contributed by atoms with Crippen LogP contribution in [0.4, 0.5) is 0 Å². The maximum absolute atomic E-state index is 5.47. The van der Waals surface area contributed by atoms with Crippen molar-refractivity contribution in [3.63, 3.8) is 0 Å². The summed E-state index contributed by atoms with van der Waals surface area (Å²) in [5.41, 5.74) is 9.67. The second-order valence-electron chi connectivity index (χ2n) is 15.7. The molecule has 0 radical (unpaired) electrons. The summed E-state index contributed by atoms with van der Waals surface area (Å²) in [6, 6.07) is 78.8. The van der Waals surface area contributed by atoms with Crippen LogP contribution in [0, 0.1) is 0 Å². The standard InChI is InChI=1S/C58H36N2/c1-2-12-37(13-3-1)38-22-24-41(25-23-38)54-36-55(57-49-21-11-7-17-45(49)35-53-47-19-9-5-15-40(47)31-33-51(53)57)60-58(59-54)43-28-26-42(27-29-43)56-48-20-10-6-16-44(48)34-52-46-18-8-4-14-39(46)30-32-50(52)56/h1-36H. The summed E-state index contributed by atoms with van der Waals surface area (Å²) >= 11 is 0. The zero-order chi connectivity index (χ0) is 39.6. The summed E-state index contributed by atoms with van der Waals surface area (Å²) in [5, 5.41) is 14.7. The number of aromatic nitrogens is 2. The second kappa shape index (κ2) is 13.9. The Bertz CT molecular complexity index is 3630. The molecule has 2 heteroatoms. The lowest BCUT2D eigenvalue weighted by Gasteiger charge is -2.16. The summed E-state index contributed by atoms with van der Waals surface area (Å²) in [6.07, 6.45) is 0. The molecule has 0 bridgehead atoms. The van der Waals surface area contributed by atoms with Crippen molar-refractivity contribution in [3.05, 3.63) is 218 Å². The van der Waals surface area contributed by atoms with E-state index in [2.05, 4.69) is 218 Å². The molecule has 12 rings (SSSR count). The first kappa shape index (κ1) is 34.1. The Morgan fingerprint density at radius 2 is 0.650 bits per heavy atom. The van der Waals surface area contributed by atoms with Gasteiger partial charge in [0.2, 0.25) is 0 Å². The molecule has 0 fully saturated rings. The lowest BCUT2D eigenvalue weighted by molar-refractivity contribution is 1.19. The van der Waals surface area contributed by atoms with Crippen LogP contribution in [-0.2, 0) is 0 Å². The average Bonchev–Trinajstić information content (AvgIpc) is 3.32. The first-order chi connectivity index (χ1) is 29.7. The van der Waals surface area contributed by atoms with E-state index in [-0.39, 0.29) is 0 Å². The van der Waals surface area contributed by atoms with Gasteiger partial charge in [-0.2, -0.15) is 0 Å². The molecule has 0 unspecified atom stereocenters. The van der Waals surface area contributed by atoms with Gasteiger partial charge in [0.15, 0.2) is 5.82 Å². The van der Waals surface area contributed by atoms with Gasteiger partial charge in [0, 0.05) is 16.7 Å². The third-order valence-corrected chi connectivity index (χ3v) is 12.2. The monoisotopic (exact) mass is 760 g/mol. The molecule has 2 nitrogen and oxygen atoms in total. The molecular formula is C58H36N2. The van der Waals surface area contributed by atoms with Crippen LogP contribution >= 0.6 is 0 Å². The second-order valence-corrected chi connectivity index (χ2v) is 15.7. The SMILES string of the molecule is c1ccc(-c2ccc(-c3cc(-c4c5ccccc5cc5c4ccc4ccccc45)nc(-c4ccc(-c5c6ccccc6cc6c5ccc5ccccc56)cc4)n3)cc2)cc1. The summed E-state index contributed by atoms with van der Waals surface area (Å²) in [5.74, 6) is 0.692. The highest BCUT2D eigenvalue weighted by molar-refractivity contribution is 6.21. The van der Waals surface area contributed by atoms with Crippen molar-refractivity contribution in [2.45, 2.75) is 0 Å². The van der Waals surface area contributed by atoms with Crippen LogP contribution in [0.3, 0.4) is 0 Å². The Hall–Kier alpha value is -7.94. The number of rotatable bonds is 5. The molecule has 0 aliphatic heterocycles. The molecule has 0 aliphatic carbocycles. The zero-order valence-electron chi connectivity index (χ0n) is 32.7. The van der Waals surface area contributed by atoms with Gasteiger partial charge in [0.05, 0.1) is 11.4 Å². The van der Waals surface area contributed by atoms with Gasteiger partial charge in [0.25, 0.3) is 0 Å². The Labute approximate surface area is 347 Å². The Kier molecular flexibility index (Phi) is 7.89. The van der Waals surface area contributed by atoms with Gasteiger partial charge in [-0.25, -0.2) is 9.97 Å². The van der Waals surface area contributed by atoms with Crippen molar-refractivity contribution in [1.82, 2.24) is 9.97 Å². The molecule has 1 heterocycles. The van der Waals surface area contributed by atoms with E-state index in [1.54, 1.807) is 0 Å². The Morgan fingerprint density at radius 3 is 1.27 bits per heavy atom. The molecule has 0 aliphatic rings. The first-order valence-corrected chi connectivity index (χ1v) is 20.6. The van der Waals surface area contributed by atoms with Crippen molar-refractivity contribution >= 4 is 64.6 Å². The van der Waals surface area contributed by atoms with Crippen molar-refractivity contribution in [3.8, 4) is 56.2 Å². The van der Waals surface area contributed by atoms with Crippen LogP contribution in [-0.4, -0.2) is 9.97 Å². The van der Waals surface area contributed by atoms with E-state index in [1.807, 2.05) is 0 Å². The van der Waals surface area contributed by atoms with Crippen molar-refractivity contribution in [1.29, 1.82) is 0 Å². The van der Waals surface area contributed by atoms with Crippen molar-refractivity contribution < 1.29 is 0 Å². The number of hydrogen-bond donors (Lipinski definition) is 0. The van der Waals surface area contributed by atoms with Gasteiger partial charge in [-0.15, -0.1) is 0 Å². The molecule has 1 aromatic heterocycles. The fourth-order valence-corrected chi connectivity index (χ4v) is 9.33. The summed E-state index contributed by atoms with van der Waals surface area (Å²) in [4.78, 5) is 10.8. The lowest BCUT2D eigenvalue weighted by atomic mass is 9.89. The maximum Gasteiger partial charge on any atom is 0.160 e. The van der Waals surface area contributed by atoms with E-state index in [1.165, 1.54) is 81.3 Å². The Balaban J connectivity index is 1.07. The highest BCUT2D eigenvalue weighted by Crippen LogP contribution is 2.42. The molecule has 0 saturated heterocycles. The minimum Gasteiger partial charge on any atom is -0.228 e. The highest BCUT2D eigenvalue weighted by Gasteiger charge is 2.18. The van der Waals surface area contributed by atoms with Crippen LogP contribution in [0.5, 0.6) is 0 Å². The fourth-order valence-electron chi connectivity index (χ4n) is 9.33.